The molecule has 7 heteroatoms. The second kappa shape index (κ2) is 8.21. The Kier molecular flexibility index (Phi) is 6.52. The van der Waals surface area contributed by atoms with Crippen LogP contribution in [-0.2, 0) is 14.8 Å². The largest absolute Gasteiger partial charge is 0.343 e. The first-order valence-corrected chi connectivity index (χ1v) is 10.5. The van der Waals surface area contributed by atoms with Crippen molar-refractivity contribution in [1.29, 1.82) is 0 Å². The van der Waals surface area contributed by atoms with Crippen molar-refractivity contribution in [3.63, 3.8) is 0 Å². The van der Waals surface area contributed by atoms with Gasteiger partial charge < -0.3 is 4.90 Å². The van der Waals surface area contributed by atoms with Gasteiger partial charge in [0.25, 0.3) is 0 Å². The van der Waals surface area contributed by atoms with Gasteiger partial charge in [-0.3, -0.25) is 9.10 Å². The summed E-state index contributed by atoms with van der Waals surface area (Å²) < 4.78 is 25.7. The van der Waals surface area contributed by atoms with E-state index in [0.29, 0.717) is 10.7 Å². The molecule has 1 aromatic rings. The summed E-state index contributed by atoms with van der Waals surface area (Å²) in [6.07, 6.45) is 5.69. The van der Waals surface area contributed by atoms with Crippen molar-refractivity contribution in [3.05, 3.63) is 28.8 Å². The fourth-order valence-electron chi connectivity index (χ4n) is 2.99. The molecule has 0 aromatic heterocycles. The maximum Gasteiger partial charge on any atom is 0.232 e. The fraction of sp³-hybridized carbons (Fsp3) is 0.588. The molecule has 1 amide bonds. The Morgan fingerprint density at radius 2 is 1.83 bits per heavy atom. The van der Waals surface area contributed by atoms with Gasteiger partial charge >= 0.3 is 0 Å². The molecule has 5 nitrogen and oxygen atoms in total. The molecule has 1 heterocycles. The minimum Gasteiger partial charge on any atom is -0.343 e. The van der Waals surface area contributed by atoms with Crippen molar-refractivity contribution >= 4 is 33.2 Å². The topological polar surface area (TPSA) is 57.7 Å². The molecule has 1 aliphatic heterocycles. The van der Waals surface area contributed by atoms with Gasteiger partial charge in [0, 0.05) is 31.1 Å². The number of likely N-dealkylation sites (tertiary alicyclic amines) is 1. The standard InChI is InChI=1S/C17H25ClN2O3S/c1-14-7-8-15(18)13-16(14)20(24(2,22)23)12-9-17(21)19-10-5-3-4-6-11-19/h7-8,13H,3-6,9-12H2,1-2H3. The normalized spacial score (nSPS) is 15.9. The summed E-state index contributed by atoms with van der Waals surface area (Å²) in [4.78, 5) is 14.3. The Morgan fingerprint density at radius 1 is 1.21 bits per heavy atom. The van der Waals surface area contributed by atoms with Gasteiger partial charge in [0.15, 0.2) is 0 Å². The van der Waals surface area contributed by atoms with Gasteiger partial charge in [0.05, 0.1) is 11.9 Å². The fourth-order valence-corrected chi connectivity index (χ4v) is 4.13. The van der Waals surface area contributed by atoms with E-state index in [9.17, 15) is 13.2 Å². The van der Waals surface area contributed by atoms with Crippen LogP contribution in [0.5, 0.6) is 0 Å². The number of anilines is 1. The zero-order chi connectivity index (χ0) is 17.7. The predicted octanol–water partition coefficient (Wildman–Crippen LogP) is 3.21. The highest BCUT2D eigenvalue weighted by atomic mass is 35.5. The Labute approximate surface area is 149 Å². The summed E-state index contributed by atoms with van der Waals surface area (Å²) in [7, 11) is -3.49. The second-order valence-corrected chi connectivity index (χ2v) is 8.65. The number of sulfonamides is 1. The maximum absolute atomic E-state index is 12.4. The number of halogens is 1. The third kappa shape index (κ3) is 5.11. The van der Waals surface area contributed by atoms with Crippen molar-refractivity contribution in [2.75, 3.05) is 30.2 Å². The molecule has 1 aliphatic rings. The molecule has 0 radical (unpaired) electrons. The monoisotopic (exact) mass is 372 g/mol. The smallest absolute Gasteiger partial charge is 0.232 e. The number of amides is 1. The summed E-state index contributed by atoms with van der Waals surface area (Å²) in [6.45, 7) is 3.51. The van der Waals surface area contributed by atoms with Crippen LogP contribution in [0.2, 0.25) is 5.02 Å². The SMILES string of the molecule is Cc1ccc(Cl)cc1N(CCC(=O)N1CCCCCC1)S(C)(=O)=O. The summed E-state index contributed by atoms with van der Waals surface area (Å²) in [5, 5.41) is 0.475. The maximum atomic E-state index is 12.4. The highest BCUT2D eigenvalue weighted by Gasteiger charge is 2.22. The van der Waals surface area contributed by atoms with Crippen LogP contribution in [0.4, 0.5) is 5.69 Å². The third-order valence-corrected chi connectivity index (χ3v) is 5.74. The number of aryl methyl sites for hydroxylation is 1. The Bertz CT molecular complexity index is 683. The van der Waals surface area contributed by atoms with E-state index in [1.165, 1.54) is 4.31 Å². The van der Waals surface area contributed by atoms with E-state index < -0.39 is 10.0 Å². The van der Waals surface area contributed by atoms with Gasteiger partial charge in [-0.05, 0) is 37.5 Å². The molecule has 1 aromatic carbocycles. The summed E-state index contributed by atoms with van der Waals surface area (Å²) in [6, 6.07) is 5.14. The first kappa shape index (κ1) is 19.1. The molecule has 1 saturated heterocycles. The Balaban J connectivity index is 2.12. The highest BCUT2D eigenvalue weighted by Crippen LogP contribution is 2.26. The Hall–Kier alpha value is -1.27. The summed E-state index contributed by atoms with van der Waals surface area (Å²) in [5.41, 5.74) is 1.35. The molecule has 0 saturated carbocycles. The van der Waals surface area contributed by atoms with Gasteiger partial charge in [-0.25, -0.2) is 8.42 Å². The highest BCUT2D eigenvalue weighted by molar-refractivity contribution is 7.92. The molecule has 0 spiro atoms. The molecule has 0 atom stereocenters. The van der Waals surface area contributed by atoms with Crippen molar-refractivity contribution in [2.45, 2.75) is 39.0 Å². The van der Waals surface area contributed by atoms with E-state index in [2.05, 4.69) is 0 Å². The Morgan fingerprint density at radius 3 is 2.42 bits per heavy atom. The molecule has 24 heavy (non-hydrogen) atoms. The number of hydrogen-bond acceptors (Lipinski definition) is 3. The predicted molar refractivity (Wildman–Crippen MR) is 98.0 cm³/mol. The molecular weight excluding hydrogens is 348 g/mol. The number of hydrogen-bond donors (Lipinski definition) is 0. The first-order chi connectivity index (χ1) is 11.3. The average molecular weight is 373 g/mol. The molecular formula is C17H25ClN2O3S. The molecule has 0 N–H and O–H groups in total. The number of nitrogens with zero attached hydrogens (tertiary/aromatic N) is 2. The van der Waals surface area contributed by atoms with E-state index in [-0.39, 0.29) is 18.9 Å². The minimum atomic E-state index is -3.49. The van der Waals surface area contributed by atoms with Gasteiger partial charge in [-0.2, -0.15) is 0 Å². The van der Waals surface area contributed by atoms with E-state index >= 15 is 0 Å². The van der Waals surface area contributed by atoms with Crippen molar-refractivity contribution in [3.8, 4) is 0 Å². The van der Waals surface area contributed by atoms with Crippen LogP contribution in [0, 0.1) is 6.92 Å². The average Bonchev–Trinajstić information content (AvgIpc) is 2.78. The van der Waals surface area contributed by atoms with Crippen LogP contribution in [0.25, 0.3) is 0 Å². The van der Waals surface area contributed by atoms with Crippen LogP contribution in [0.3, 0.4) is 0 Å². The molecule has 0 unspecified atom stereocenters. The van der Waals surface area contributed by atoms with Gasteiger partial charge in [0.1, 0.15) is 0 Å². The first-order valence-electron chi connectivity index (χ1n) is 8.30. The van der Waals surface area contributed by atoms with Crippen LogP contribution < -0.4 is 4.31 Å². The zero-order valence-corrected chi connectivity index (χ0v) is 15.9. The van der Waals surface area contributed by atoms with E-state index in [0.717, 1.165) is 50.6 Å². The number of carbonyl (C=O) groups is 1. The van der Waals surface area contributed by atoms with Crippen molar-refractivity contribution < 1.29 is 13.2 Å². The van der Waals surface area contributed by atoms with Gasteiger partial charge in [-0.15, -0.1) is 0 Å². The van der Waals surface area contributed by atoms with E-state index in [1.807, 2.05) is 11.8 Å². The molecule has 0 bridgehead atoms. The second-order valence-electron chi connectivity index (χ2n) is 6.31. The molecule has 0 aliphatic carbocycles. The van der Waals surface area contributed by atoms with Crippen LogP contribution in [0.1, 0.15) is 37.7 Å². The third-order valence-electron chi connectivity index (χ3n) is 4.33. The number of carbonyl (C=O) groups excluding carboxylic acids is 1. The van der Waals surface area contributed by atoms with Crippen LogP contribution >= 0.6 is 11.6 Å². The number of benzene rings is 1. The lowest BCUT2D eigenvalue weighted by Gasteiger charge is -2.26. The lowest BCUT2D eigenvalue weighted by molar-refractivity contribution is -0.130. The zero-order valence-electron chi connectivity index (χ0n) is 14.3. The van der Waals surface area contributed by atoms with Gasteiger partial charge in [-0.1, -0.05) is 30.5 Å². The molecule has 2 rings (SSSR count). The summed E-state index contributed by atoms with van der Waals surface area (Å²) >= 11 is 6.02. The van der Waals surface area contributed by atoms with E-state index in [4.69, 9.17) is 11.6 Å². The van der Waals surface area contributed by atoms with Crippen molar-refractivity contribution in [1.82, 2.24) is 4.90 Å². The lowest BCUT2D eigenvalue weighted by Crippen LogP contribution is -2.37. The number of rotatable bonds is 5. The lowest BCUT2D eigenvalue weighted by atomic mass is 10.2. The quantitative estimate of drug-likeness (QED) is 0.797. The minimum absolute atomic E-state index is 0.0187. The molecule has 1 fully saturated rings. The molecule has 134 valence electrons. The van der Waals surface area contributed by atoms with Gasteiger partial charge in [0.2, 0.25) is 15.9 Å². The van der Waals surface area contributed by atoms with Crippen molar-refractivity contribution in [2.24, 2.45) is 0 Å². The van der Waals surface area contributed by atoms with E-state index in [1.54, 1.807) is 18.2 Å². The van der Waals surface area contributed by atoms with Crippen LogP contribution in [-0.4, -0.2) is 45.1 Å². The summed E-state index contributed by atoms with van der Waals surface area (Å²) in [5.74, 6) is 0.0187. The van der Waals surface area contributed by atoms with Crippen LogP contribution in [0.15, 0.2) is 18.2 Å².